The Labute approximate surface area is 215 Å². The SMILES string of the molecule is COCC#Cc1ccc(Nc2c(C#N)cnc3cc(OC)cc(OC4CCN(C)CC4)c23)c2c1OCO2. The second-order valence-electron chi connectivity index (χ2n) is 8.88. The van der Waals surface area contributed by atoms with Gasteiger partial charge in [0.25, 0.3) is 0 Å². The predicted molar refractivity (Wildman–Crippen MR) is 139 cm³/mol. The molecule has 5 rings (SSSR count). The number of pyridine rings is 1. The van der Waals surface area contributed by atoms with E-state index in [-0.39, 0.29) is 12.9 Å². The van der Waals surface area contributed by atoms with Gasteiger partial charge in [-0.3, -0.25) is 4.98 Å². The third-order valence-corrected chi connectivity index (χ3v) is 6.44. The third-order valence-electron chi connectivity index (χ3n) is 6.44. The van der Waals surface area contributed by atoms with Crippen LogP contribution in [0.1, 0.15) is 24.0 Å². The van der Waals surface area contributed by atoms with Crippen LogP contribution in [0.25, 0.3) is 10.9 Å². The number of methoxy groups -OCH3 is 2. The molecule has 1 N–H and O–H groups in total. The van der Waals surface area contributed by atoms with Gasteiger partial charge >= 0.3 is 0 Å². The lowest BCUT2D eigenvalue weighted by Crippen LogP contribution is -2.35. The Morgan fingerprint density at radius 2 is 1.95 bits per heavy atom. The van der Waals surface area contributed by atoms with Gasteiger partial charge in [0.1, 0.15) is 30.3 Å². The Hall–Kier alpha value is -4.18. The summed E-state index contributed by atoms with van der Waals surface area (Å²) in [5.41, 5.74) is 2.96. The van der Waals surface area contributed by atoms with Gasteiger partial charge in [-0.15, -0.1) is 0 Å². The first kappa shape index (κ1) is 24.5. The average Bonchev–Trinajstić information content (AvgIpc) is 3.42. The van der Waals surface area contributed by atoms with Crippen LogP contribution in [0.2, 0.25) is 0 Å². The van der Waals surface area contributed by atoms with E-state index in [2.05, 4.69) is 40.2 Å². The van der Waals surface area contributed by atoms with Crippen LogP contribution in [0.15, 0.2) is 30.5 Å². The van der Waals surface area contributed by atoms with E-state index in [1.165, 1.54) is 0 Å². The van der Waals surface area contributed by atoms with Gasteiger partial charge in [0.2, 0.25) is 6.79 Å². The van der Waals surface area contributed by atoms with Gasteiger partial charge in [0, 0.05) is 38.5 Å². The Balaban J connectivity index is 1.59. The zero-order chi connectivity index (χ0) is 25.8. The summed E-state index contributed by atoms with van der Waals surface area (Å²) in [7, 11) is 5.32. The summed E-state index contributed by atoms with van der Waals surface area (Å²) in [6, 6.07) is 9.66. The minimum Gasteiger partial charge on any atom is -0.497 e. The van der Waals surface area contributed by atoms with Gasteiger partial charge in [-0.25, -0.2) is 0 Å². The van der Waals surface area contributed by atoms with Gasteiger partial charge < -0.3 is 33.9 Å². The number of benzene rings is 2. The maximum atomic E-state index is 9.97. The molecule has 0 radical (unpaired) electrons. The standard InChI is InChI=1S/C28H28N4O5/c1-32-10-8-20(9-11-32)37-24-14-21(34-3)13-23-25(24)26(19(15-29)16-30-23)31-22-7-6-18(5-4-12-33-2)27-28(22)36-17-35-27/h6-7,13-14,16,20H,8-12,17H2,1-3H3,(H,30,31). The Morgan fingerprint density at radius 3 is 2.70 bits per heavy atom. The van der Waals surface area contributed by atoms with Crippen LogP contribution >= 0.6 is 0 Å². The normalized spacial score (nSPS) is 15.1. The van der Waals surface area contributed by atoms with Crippen molar-refractivity contribution < 1.29 is 23.7 Å². The van der Waals surface area contributed by atoms with E-state index in [0.29, 0.717) is 63.0 Å². The lowest BCUT2D eigenvalue weighted by Gasteiger charge is -2.30. The summed E-state index contributed by atoms with van der Waals surface area (Å²) in [5, 5.41) is 14.1. The molecular formula is C28H28N4O5. The molecule has 0 aliphatic carbocycles. The molecule has 1 fully saturated rings. The molecule has 2 aromatic carbocycles. The van der Waals surface area contributed by atoms with E-state index >= 15 is 0 Å². The molecule has 0 spiro atoms. The molecule has 0 unspecified atom stereocenters. The van der Waals surface area contributed by atoms with E-state index in [4.69, 9.17) is 23.7 Å². The molecule has 1 aromatic heterocycles. The highest BCUT2D eigenvalue weighted by atomic mass is 16.7. The van der Waals surface area contributed by atoms with E-state index in [1.54, 1.807) is 20.4 Å². The molecule has 3 aromatic rings. The van der Waals surface area contributed by atoms with Crippen molar-refractivity contribution in [2.24, 2.45) is 0 Å². The first-order chi connectivity index (χ1) is 18.1. The monoisotopic (exact) mass is 500 g/mol. The zero-order valence-corrected chi connectivity index (χ0v) is 21.1. The largest absolute Gasteiger partial charge is 0.497 e. The smallest absolute Gasteiger partial charge is 0.231 e. The Kier molecular flexibility index (Phi) is 7.18. The van der Waals surface area contributed by atoms with Crippen LogP contribution in [0, 0.1) is 23.2 Å². The van der Waals surface area contributed by atoms with Gasteiger partial charge in [-0.05, 0) is 32.0 Å². The second kappa shape index (κ2) is 10.8. The Bertz CT molecular complexity index is 1410. The van der Waals surface area contributed by atoms with Gasteiger partial charge in [0.15, 0.2) is 11.5 Å². The van der Waals surface area contributed by atoms with Crippen molar-refractivity contribution in [1.82, 2.24) is 9.88 Å². The van der Waals surface area contributed by atoms with Crippen molar-refractivity contribution in [3.8, 4) is 40.9 Å². The molecule has 2 aliphatic rings. The molecule has 3 heterocycles. The summed E-state index contributed by atoms with van der Waals surface area (Å²) in [6.07, 6.45) is 3.42. The fourth-order valence-electron chi connectivity index (χ4n) is 4.50. The number of likely N-dealkylation sites (tertiary alicyclic amines) is 1. The van der Waals surface area contributed by atoms with Crippen LogP contribution < -0.4 is 24.3 Å². The first-order valence-corrected chi connectivity index (χ1v) is 12.0. The summed E-state index contributed by atoms with van der Waals surface area (Å²) in [6.45, 7) is 2.31. The number of ether oxygens (including phenoxy) is 5. The molecular weight excluding hydrogens is 472 g/mol. The minimum atomic E-state index is 0.0519. The molecule has 1 saturated heterocycles. The van der Waals surface area contributed by atoms with Gasteiger partial charge in [-0.2, -0.15) is 5.26 Å². The predicted octanol–water partition coefficient (Wildman–Crippen LogP) is 4.06. The average molecular weight is 501 g/mol. The second-order valence-corrected chi connectivity index (χ2v) is 8.88. The van der Waals surface area contributed by atoms with Gasteiger partial charge in [-0.1, -0.05) is 11.8 Å². The van der Waals surface area contributed by atoms with Crippen molar-refractivity contribution in [2.75, 3.05) is 53.1 Å². The van der Waals surface area contributed by atoms with Crippen LogP contribution in [0.3, 0.4) is 0 Å². The number of nitrogens with one attached hydrogen (secondary N) is 1. The van der Waals surface area contributed by atoms with Crippen LogP contribution in [0.5, 0.6) is 23.0 Å². The fourth-order valence-corrected chi connectivity index (χ4v) is 4.50. The van der Waals surface area contributed by atoms with Crippen molar-refractivity contribution >= 4 is 22.3 Å². The first-order valence-electron chi connectivity index (χ1n) is 12.0. The molecule has 2 aliphatic heterocycles. The molecule has 37 heavy (non-hydrogen) atoms. The van der Waals surface area contributed by atoms with E-state index in [1.807, 2.05) is 24.3 Å². The summed E-state index contributed by atoms with van der Waals surface area (Å²) in [4.78, 5) is 6.83. The molecule has 0 atom stereocenters. The maximum Gasteiger partial charge on any atom is 0.231 e. The van der Waals surface area contributed by atoms with Crippen molar-refractivity contribution in [1.29, 1.82) is 5.26 Å². The Morgan fingerprint density at radius 1 is 1.14 bits per heavy atom. The molecule has 190 valence electrons. The number of nitriles is 1. The fraction of sp³-hybridized carbons (Fsp3) is 0.357. The molecule has 0 saturated carbocycles. The minimum absolute atomic E-state index is 0.0519. The number of hydrogen-bond donors (Lipinski definition) is 1. The van der Waals surface area contributed by atoms with Crippen LogP contribution in [-0.2, 0) is 4.74 Å². The van der Waals surface area contributed by atoms with Crippen molar-refractivity contribution in [3.05, 3.63) is 41.6 Å². The third kappa shape index (κ3) is 5.05. The number of fused-ring (bicyclic) bond motifs is 2. The lowest BCUT2D eigenvalue weighted by molar-refractivity contribution is 0.115. The maximum absolute atomic E-state index is 9.97. The van der Waals surface area contributed by atoms with E-state index in [0.717, 1.165) is 25.9 Å². The highest BCUT2D eigenvalue weighted by molar-refractivity contribution is 6.01. The molecule has 9 heteroatoms. The van der Waals surface area contributed by atoms with Crippen molar-refractivity contribution in [2.45, 2.75) is 18.9 Å². The number of nitrogens with zero attached hydrogens (tertiary/aromatic N) is 3. The topological polar surface area (TPSA) is 98.1 Å². The highest BCUT2D eigenvalue weighted by Crippen LogP contribution is 2.45. The quantitative estimate of drug-likeness (QED) is 0.503. The van der Waals surface area contributed by atoms with E-state index < -0.39 is 0 Å². The number of aromatic nitrogens is 1. The molecule has 0 bridgehead atoms. The van der Waals surface area contributed by atoms with Crippen LogP contribution in [0.4, 0.5) is 11.4 Å². The number of rotatable bonds is 6. The zero-order valence-electron chi connectivity index (χ0n) is 21.1. The van der Waals surface area contributed by atoms with Crippen molar-refractivity contribution in [3.63, 3.8) is 0 Å². The number of hydrogen-bond acceptors (Lipinski definition) is 9. The number of anilines is 2. The lowest BCUT2D eigenvalue weighted by atomic mass is 10.1. The molecule has 9 nitrogen and oxygen atoms in total. The van der Waals surface area contributed by atoms with Gasteiger partial charge in [0.05, 0.1) is 40.5 Å². The van der Waals surface area contributed by atoms with Crippen LogP contribution in [-0.4, -0.2) is 63.7 Å². The van der Waals surface area contributed by atoms with E-state index in [9.17, 15) is 5.26 Å². The summed E-state index contributed by atoms with van der Waals surface area (Å²) in [5.74, 6) is 8.33. The molecule has 0 amide bonds. The summed E-state index contributed by atoms with van der Waals surface area (Å²) < 4.78 is 28.6. The highest BCUT2D eigenvalue weighted by Gasteiger charge is 2.25. The number of piperidine rings is 1. The summed E-state index contributed by atoms with van der Waals surface area (Å²) >= 11 is 0.